The van der Waals surface area contributed by atoms with Crippen molar-refractivity contribution in [2.24, 2.45) is 5.84 Å². The maximum Gasteiger partial charge on any atom is 0.253 e. The van der Waals surface area contributed by atoms with Crippen molar-refractivity contribution in [3.05, 3.63) is 22.8 Å². The Labute approximate surface area is 111 Å². The van der Waals surface area contributed by atoms with Crippen LogP contribution in [-0.4, -0.2) is 30.1 Å². The number of nitrogen functional groups attached to an aromatic ring is 1. The highest BCUT2D eigenvalue weighted by Gasteiger charge is 2.18. The van der Waals surface area contributed by atoms with Gasteiger partial charge in [-0.25, -0.2) is 10.8 Å². The van der Waals surface area contributed by atoms with Gasteiger partial charge in [-0.15, -0.1) is 0 Å². The number of hydrogen-bond acceptors (Lipinski definition) is 5. The summed E-state index contributed by atoms with van der Waals surface area (Å²) in [5.74, 6) is 5.26. The van der Waals surface area contributed by atoms with Gasteiger partial charge in [0.2, 0.25) is 0 Å². The summed E-state index contributed by atoms with van der Waals surface area (Å²) in [7, 11) is 1.59. The van der Waals surface area contributed by atoms with E-state index in [-0.39, 0.29) is 10.9 Å². The fourth-order valence-corrected chi connectivity index (χ4v) is 1.36. The molecule has 0 unspecified atom stereocenters. The van der Waals surface area contributed by atoms with E-state index in [4.69, 9.17) is 22.2 Å². The number of pyridine rings is 1. The summed E-state index contributed by atoms with van der Waals surface area (Å²) >= 11 is 5.88. The number of rotatable bonds is 5. The average Bonchev–Trinajstić information content (AvgIpc) is 2.36. The quantitative estimate of drug-likeness (QED) is 0.553. The summed E-state index contributed by atoms with van der Waals surface area (Å²) in [4.78, 5) is 15.8. The first-order valence-electron chi connectivity index (χ1n) is 5.35. The van der Waals surface area contributed by atoms with E-state index in [1.165, 1.54) is 12.3 Å². The number of nitrogens with two attached hydrogens (primary N) is 1. The van der Waals surface area contributed by atoms with Gasteiger partial charge in [0.25, 0.3) is 5.91 Å². The van der Waals surface area contributed by atoms with Gasteiger partial charge in [-0.3, -0.25) is 4.79 Å². The number of carbonyl (C=O) groups excluding carboxylic acids is 1. The smallest absolute Gasteiger partial charge is 0.253 e. The van der Waals surface area contributed by atoms with Gasteiger partial charge in [0.05, 0.1) is 16.2 Å². The van der Waals surface area contributed by atoms with Crippen LogP contribution in [0.15, 0.2) is 12.3 Å². The van der Waals surface area contributed by atoms with E-state index in [1.54, 1.807) is 7.11 Å². The van der Waals surface area contributed by atoms with Gasteiger partial charge >= 0.3 is 0 Å². The standard InChI is InChI=1S/C11H17ClN4O2/c1-11(2,18-3)6-15-10(17)7-4-8(12)9(16-13)14-5-7/h4-5H,6,13H2,1-3H3,(H,14,16)(H,15,17). The molecule has 6 nitrogen and oxygen atoms in total. The molecule has 0 spiro atoms. The summed E-state index contributed by atoms with van der Waals surface area (Å²) in [5.41, 5.74) is 2.27. The predicted octanol–water partition coefficient (Wildman–Crippen LogP) is 1.18. The van der Waals surface area contributed by atoms with E-state index in [0.29, 0.717) is 17.9 Å². The van der Waals surface area contributed by atoms with Crippen LogP contribution in [0.3, 0.4) is 0 Å². The zero-order valence-corrected chi connectivity index (χ0v) is 11.3. The molecular weight excluding hydrogens is 256 g/mol. The van der Waals surface area contributed by atoms with E-state index in [1.807, 2.05) is 13.8 Å². The summed E-state index contributed by atoms with van der Waals surface area (Å²) < 4.78 is 5.20. The molecule has 0 saturated heterocycles. The van der Waals surface area contributed by atoms with Gasteiger partial charge in [0.15, 0.2) is 5.82 Å². The molecule has 4 N–H and O–H groups in total. The van der Waals surface area contributed by atoms with Crippen LogP contribution in [0.25, 0.3) is 0 Å². The van der Waals surface area contributed by atoms with Crippen LogP contribution < -0.4 is 16.6 Å². The number of hydrazine groups is 1. The molecule has 0 bridgehead atoms. The summed E-state index contributed by atoms with van der Waals surface area (Å²) in [6.45, 7) is 4.14. The van der Waals surface area contributed by atoms with E-state index in [9.17, 15) is 4.79 Å². The molecule has 1 aromatic rings. The number of nitrogens with zero attached hydrogens (tertiary/aromatic N) is 1. The van der Waals surface area contributed by atoms with Gasteiger partial charge < -0.3 is 15.5 Å². The van der Waals surface area contributed by atoms with Crippen LogP contribution in [0.4, 0.5) is 5.82 Å². The Morgan fingerprint density at radius 3 is 2.78 bits per heavy atom. The Morgan fingerprint density at radius 2 is 2.28 bits per heavy atom. The lowest BCUT2D eigenvalue weighted by Crippen LogP contribution is -2.39. The Balaban J connectivity index is 2.71. The second-order valence-electron chi connectivity index (χ2n) is 4.35. The van der Waals surface area contributed by atoms with Crippen molar-refractivity contribution in [2.75, 3.05) is 19.1 Å². The zero-order chi connectivity index (χ0) is 13.8. The third-order valence-corrected chi connectivity index (χ3v) is 2.76. The lowest BCUT2D eigenvalue weighted by atomic mass is 10.1. The first-order valence-corrected chi connectivity index (χ1v) is 5.73. The highest BCUT2D eigenvalue weighted by Crippen LogP contribution is 2.18. The van der Waals surface area contributed by atoms with Crippen LogP contribution in [0.5, 0.6) is 0 Å². The lowest BCUT2D eigenvalue weighted by molar-refractivity contribution is 0.0228. The largest absolute Gasteiger partial charge is 0.377 e. The maximum atomic E-state index is 11.8. The molecule has 0 aromatic carbocycles. The van der Waals surface area contributed by atoms with Gasteiger partial charge in [-0.2, -0.15) is 0 Å². The van der Waals surface area contributed by atoms with Crippen LogP contribution in [0.1, 0.15) is 24.2 Å². The first kappa shape index (κ1) is 14.7. The lowest BCUT2D eigenvalue weighted by Gasteiger charge is -2.23. The van der Waals surface area contributed by atoms with E-state index < -0.39 is 5.60 Å². The molecule has 1 heterocycles. The molecule has 0 fully saturated rings. The topological polar surface area (TPSA) is 89.3 Å². The van der Waals surface area contributed by atoms with E-state index in [0.717, 1.165) is 0 Å². The van der Waals surface area contributed by atoms with Gasteiger partial charge in [0, 0.05) is 19.9 Å². The van der Waals surface area contributed by atoms with Crippen molar-refractivity contribution >= 4 is 23.3 Å². The number of aromatic nitrogens is 1. The number of amides is 1. The van der Waals surface area contributed by atoms with Gasteiger partial charge in [0.1, 0.15) is 0 Å². The van der Waals surface area contributed by atoms with Gasteiger partial charge in [-0.1, -0.05) is 11.6 Å². The van der Waals surface area contributed by atoms with Crippen LogP contribution in [0, 0.1) is 0 Å². The second-order valence-corrected chi connectivity index (χ2v) is 4.75. The Morgan fingerprint density at radius 1 is 1.61 bits per heavy atom. The molecule has 1 rings (SSSR count). The zero-order valence-electron chi connectivity index (χ0n) is 10.6. The number of halogens is 1. The van der Waals surface area contributed by atoms with E-state index in [2.05, 4.69) is 15.7 Å². The number of anilines is 1. The predicted molar refractivity (Wildman–Crippen MR) is 70.5 cm³/mol. The minimum atomic E-state index is -0.425. The molecule has 0 aliphatic rings. The summed E-state index contributed by atoms with van der Waals surface area (Å²) in [6.07, 6.45) is 1.40. The molecule has 100 valence electrons. The highest BCUT2D eigenvalue weighted by atomic mass is 35.5. The maximum absolute atomic E-state index is 11.8. The summed E-state index contributed by atoms with van der Waals surface area (Å²) in [5, 5.41) is 3.03. The van der Waals surface area contributed by atoms with Crippen molar-refractivity contribution < 1.29 is 9.53 Å². The molecule has 7 heteroatoms. The molecule has 0 aliphatic carbocycles. The number of ether oxygens (including phenoxy) is 1. The van der Waals surface area contributed by atoms with Crippen LogP contribution in [0.2, 0.25) is 5.02 Å². The molecule has 0 radical (unpaired) electrons. The van der Waals surface area contributed by atoms with Crippen molar-refractivity contribution in [2.45, 2.75) is 19.4 Å². The molecular formula is C11H17ClN4O2. The molecule has 18 heavy (non-hydrogen) atoms. The molecule has 0 saturated carbocycles. The molecule has 1 aromatic heterocycles. The monoisotopic (exact) mass is 272 g/mol. The highest BCUT2D eigenvalue weighted by molar-refractivity contribution is 6.33. The first-order chi connectivity index (χ1) is 8.39. The van der Waals surface area contributed by atoms with Crippen molar-refractivity contribution in [1.82, 2.24) is 10.3 Å². The van der Waals surface area contributed by atoms with Crippen molar-refractivity contribution in [1.29, 1.82) is 0 Å². The summed E-state index contributed by atoms with van der Waals surface area (Å²) in [6, 6.07) is 1.50. The Kier molecular flexibility index (Phi) is 4.89. The Hall–Kier alpha value is -1.37. The third kappa shape index (κ3) is 3.83. The van der Waals surface area contributed by atoms with Crippen LogP contribution in [-0.2, 0) is 4.74 Å². The fourth-order valence-electron chi connectivity index (χ4n) is 1.14. The number of carbonyl (C=O) groups is 1. The fraction of sp³-hybridized carbons (Fsp3) is 0.455. The minimum absolute atomic E-state index is 0.266. The number of methoxy groups -OCH3 is 1. The van der Waals surface area contributed by atoms with E-state index >= 15 is 0 Å². The molecule has 1 amide bonds. The van der Waals surface area contributed by atoms with Crippen molar-refractivity contribution in [3.63, 3.8) is 0 Å². The number of hydrogen-bond donors (Lipinski definition) is 3. The normalized spacial score (nSPS) is 11.2. The molecule has 0 aliphatic heterocycles. The average molecular weight is 273 g/mol. The molecule has 0 atom stereocenters. The Bertz CT molecular complexity index is 437. The SMILES string of the molecule is COC(C)(C)CNC(=O)c1cnc(NN)c(Cl)c1. The minimum Gasteiger partial charge on any atom is -0.377 e. The van der Waals surface area contributed by atoms with Crippen molar-refractivity contribution in [3.8, 4) is 0 Å². The van der Waals surface area contributed by atoms with Gasteiger partial charge in [-0.05, 0) is 19.9 Å². The van der Waals surface area contributed by atoms with Crippen LogP contribution >= 0.6 is 11.6 Å². The second kappa shape index (κ2) is 5.99. The number of nitrogens with one attached hydrogen (secondary N) is 2. The third-order valence-electron chi connectivity index (χ3n) is 2.47.